The molecule has 0 aliphatic heterocycles. The van der Waals surface area contributed by atoms with E-state index in [2.05, 4.69) is 10.4 Å². The summed E-state index contributed by atoms with van der Waals surface area (Å²) in [7, 11) is 5.02. The van der Waals surface area contributed by atoms with Gasteiger partial charge in [0.2, 0.25) is 0 Å². The molecule has 0 unspecified atom stereocenters. The number of carbonyl (C=O) groups excluding carboxylic acids is 1. The number of nitrogens with zero attached hydrogens (tertiary/aromatic N) is 2. The second-order valence-electron chi connectivity index (χ2n) is 6.10. The summed E-state index contributed by atoms with van der Waals surface area (Å²) in [5, 5.41) is 7.27. The quantitative estimate of drug-likeness (QED) is 0.699. The predicted molar refractivity (Wildman–Crippen MR) is 104 cm³/mol. The molecule has 3 rings (SSSR count). The molecular formula is C21H23N3O3. The molecule has 0 bridgehead atoms. The van der Waals surface area contributed by atoms with E-state index in [9.17, 15) is 4.79 Å². The molecule has 0 atom stereocenters. The minimum Gasteiger partial charge on any atom is -0.497 e. The van der Waals surface area contributed by atoms with Gasteiger partial charge in [0.1, 0.15) is 11.5 Å². The summed E-state index contributed by atoms with van der Waals surface area (Å²) in [6, 6.07) is 17.3. The third-order valence-electron chi connectivity index (χ3n) is 4.34. The monoisotopic (exact) mass is 365 g/mol. The van der Waals surface area contributed by atoms with Crippen molar-refractivity contribution in [2.45, 2.75) is 6.42 Å². The highest BCUT2D eigenvalue weighted by atomic mass is 16.5. The average Bonchev–Trinajstić information content (AvgIpc) is 3.09. The molecule has 2 aromatic carbocycles. The average molecular weight is 365 g/mol. The zero-order chi connectivity index (χ0) is 19.2. The van der Waals surface area contributed by atoms with Gasteiger partial charge >= 0.3 is 0 Å². The number of amides is 1. The van der Waals surface area contributed by atoms with Crippen molar-refractivity contribution >= 4 is 5.91 Å². The molecule has 1 heterocycles. The predicted octanol–water partition coefficient (Wildman–Crippen LogP) is 3.08. The van der Waals surface area contributed by atoms with E-state index in [0.717, 1.165) is 17.7 Å². The highest BCUT2D eigenvalue weighted by Crippen LogP contribution is 2.33. The van der Waals surface area contributed by atoms with E-state index < -0.39 is 0 Å². The molecule has 27 heavy (non-hydrogen) atoms. The number of rotatable bonds is 7. The minimum atomic E-state index is -0.199. The Bertz CT molecular complexity index is 920. The molecular weight excluding hydrogens is 342 g/mol. The van der Waals surface area contributed by atoms with Crippen LogP contribution in [0.15, 0.2) is 54.6 Å². The van der Waals surface area contributed by atoms with Crippen LogP contribution in [0.3, 0.4) is 0 Å². The first kappa shape index (κ1) is 18.5. The summed E-state index contributed by atoms with van der Waals surface area (Å²) in [6.07, 6.45) is 0.774. The number of methoxy groups -OCH3 is 2. The maximum atomic E-state index is 12.5. The van der Waals surface area contributed by atoms with Crippen LogP contribution >= 0.6 is 0 Å². The van der Waals surface area contributed by atoms with E-state index in [1.54, 1.807) is 32.0 Å². The van der Waals surface area contributed by atoms with E-state index in [1.165, 1.54) is 5.56 Å². The van der Waals surface area contributed by atoms with Gasteiger partial charge in [0.25, 0.3) is 5.91 Å². The lowest BCUT2D eigenvalue weighted by Crippen LogP contribution is -2.26. The van der Waals surface area contributed by atoms with Crippen LogP contribution in [0.25, 0.3) is 11.3 Å². The molecule has 0 aliphatic carbocycles. The van der Waals surface area contributed by atoms with Crippen molar-refractivity contribution in [2.24, 2.45) is 7.05 Å². The zero-order valence-electron chi connectivity index (χ0n) is 15.7. The van der Waals surface area contributed by atoms with E-state index in [-0.39, 0.29) is 5.91 Å². The summed E-state index contributed by atoms with van der Waals surface area (Å²) in [6.45, 7) is 0.553. The Morgan fingerprint density at radius 3 is 2.56 bits per heavy atom. The number of benzene rings is 2. The lowest BCUT2D eigenvalue weighted by atomic mass is 10.1. The molecule has 1 N–H and O–H groups in total. The highest BCUT2D eigenvalue weighted by molar-refractivity contribution is 5.93. The SMILES string of the molecule is COc1ccc(OC)c(-c2cc(C(=O)NCCc3ccccc3)nn2C)c1. The first-order valence-electron chi connectivity index (χ1n) is 8.71. The second kappa shape index (κ2) is 8.40. The maximum Gasteiger partial charge on any atom is 0.271 e. The lowest BCUT2D eigenvalue weighted by Gasteiger charge is -2.10. The smallest absolute Gasteiger partial charge is 0.271 e. The van der Waals surface area contributed by atoms with E-state index in [1.807, 2.05) is 48.5 Å². The third-order valence-corrected chi connectivity index (χ3v) is 4.34. The molecule has 1 amide bonds. The zero-order valence-corrected chi connectivity index (χ0v) is 15.7. The lowest BCUT2D eigenvalue weighted by molar-refractivity contribution is 0.0948. The van der Waals surface area contributed by atoms with Crippen LogP contribution in [0.4, 0.5) is 0 Å². The van der Waals surface area contributed by atoms with Crippen LogP contribution in [0.5, 0.6) is 11.5 Å². The molecule has 0 aliphatic rings. The van der Waals surface area contributed by atoms with Gasteiger partial charge in [-0.1, -0.05) is 30.3 Å². The van der Waals surface area contributed by atoms with Gasteiger partial charge in [-0.05, 0) is 36.2 Å². The van der Waals surface area contributed by atoms with Gasteiger partial charge in [-0.2, -0.15) is 5.10 Å². The van der Waals surface area contributed by atoms with Crippen LogP contribution in [-0.2, 0) is 13.5 Å². The van der Waals surface area contributed by atoms with E-state index in [0.29, 0.717) is 23.7 Å². The van der Waals surface area contributed by atoms with Gasteiger partial charge in [-0.3, -0.25) is 9.48 Å². The molecule has 0 saturated heterocycles. The van der Waals surface area contributed by atoms with Gasteiger partial charge in [-0.25, -0.2) is 0 Å². The van der Waals surface area contributed by atoms with Crippen molar-refractivity contribution in [1.82, 2.24) is 15.1 Å². The van der Waals surface area contributed by atoms with Crippen LogP contribution in [0.2, 0.25) is 0 Å². The van der Waals surface area contributed by atoms with Crippen LogP contribution in [0, 0.1) is 0 Å². The largest absolute Gasteiger partial charge is 0.497 e. The Balaban J connectivity index is 1.75. The second-order valence-corrected chi connectivity index (χ2v) is 6.10. The molecule has 1 aromatic heterocycles. The van der Waals surface area contributed by atoms with Gasteiger partial charge in [-0.15, -0.1) is 0 Å². The van der Waals surface area contributed by atoms with Crippen molar-refractivity contribution in [3.05, 3.63) is 65.9 Å². The van der Waals surface area contributed by atoms with Gasteiger partial charge in [0.05, 0.1) is 19.9 Å². The molecule has 0 spiro atoms. The Labute approximate surface area is 158 Å². The molecule has 6 heteroatoms. The standard InChI is InChI=1S/C21H23N3O3/c1-24-19(17-13-16(26-2)9-10-20(17)27-3)14-18(23-24)21(25)22-12-11-15-7-5-4-6-8-15/h4-10,13-14H,11-12H2,1-3H3,(H,22,25). The first-order chi connectivity index (χ1) is 13.1. The number of nitrogens with one attached hydrogen (secondary N) is 1. The van der Waals surface area contributed by atoms with Gasteiger partial charge in [0.15, 0.2) is 5.69 Å². The maximum absolute atomic E-state index is 12.5. The van der Waals surface area contributed by atoms with Crippen molar-refractivity contribution in [1.29, 1.82) is 0 Å². The molecule has 6 nitrogen and oxygen atoms in total. The number of hydrogen-bond acceptors (Lipinski definition) is 4. The number of aryl methyl sites for hydroxylation is 1. The topological polar surface area (TPSA) is 65.4 Å². The summed E-state index contributed by atoms with van der Waals surface area (Å²) in [4.78, 5) is 12.5. The Kier molecular flexibility index (Phi) is 5.76. The number of ether oxygens (including phenoxy) is 2. The number of hydrogen-bond donors (Lipinski definition) is 1. The number of aromatic nitrogens is 2. The van der Waals surface area contributed by atoms with Gasteiger partial charge in [0, 0.05) is 19.2 Å². The molecule has 0 saturated carbocycles. The van der Waals surface area contributed by atoms with Crippen LogP contribution < -0.4 is 14.8 Å². The number of carbonyl (C=O) groups is 1. The molecule has 0 radical (unpaired) electrons. The van der Waals surface area contributed by atoms with Crippen molar-refractivity contribution in [2.75, 3.05) is 20.8 Å². The Morgan fingerprint density at radius 1 is 1.07 bits per heavy atom. The Morgan fingerprint density at radius 2 is 1.85 bits per heavy atom. The fourth-order valence-electron chi connectivity index (χ4n) is 2.90. The third kappa shape index (κ3) is 4.28. The minimum absolute atomic E-state index is 0.199. The van der Waals surface area contributed by atoms with Crippen molar-refractivity contribution in [3.63, 3.8) is 0 Å². The molecule has 140 valence electrons. The summed E-state index contributed by atoms with van der Waals surface area (Å²) >= 11 is 0. The molecule has 3 aromatic rings. The van der Waals surface area contributed by atoms with Crippen LogP contribution in [0.1, 0.15) is 16.1 Å². The molecule has 0 fully saturated rings. The van der Waals surface area contributed by atoms with Crippen LogP contribution in [-0.4, -0.2) is 36.5 Å². The highest BCUT2D eigenvalue weighted by Gasteiger charge is 2.17. The normalized spacial score (nSPS) is 10.5. The fraction of sp³-hybridized carbons (Fsp3) is 0.238. The summed E-state index contributed by atoms with van der Waals surface area (Å²) in [5.74, 6) is 1.20. The fourth-order valence-corrected chi connectivity index (χ4v) is 2.90. The first-order valence-corrected chi connectivity index (χ1v) is 8.71. The van der Waals surface area contributed by atoms with Gasteiger partial charge < -0.3 is 14.8 Å². The van der Waals surface area contributed by atoms with E-state index >= 15 is 0 Å². The summed E-state index contributed by atoms with van der Waals surface area (Å²) < 4.78 is 12.4. The van der Waals surface area contributed by atoms with Crippen molar-refractivity contribution in [3.8, 4) is 22.8 Å². The van der Waals surface area contributed by atoms with E-state index in [4.69, 9.17) is 9.47 Å². The van der Waals surface area contributed by atoms with Crippen molar-refractivity contribution < 1.29 is 14.3 Å². The Hall–Kier alpha value is -3.28. The summed E-state index contributed by atoms with van der Waals surface area (Å²) in [5.41, 5.74) is 3.14.